The summed E-state index contributed by atoms with van der Waals surface area (Å²) in [6.07, 6.45) is 4.34. The van der Waals surface area contributed by atoms with E-state index in [9.17, 15) is 9.90 Å². The van der Waals surface area contributed by atoms with Crippen LogP contribution < -0.4 is 10.1 Å². The monoisotopic (exact) mass is 437 g/mol. The van der Waals surface area contributed by atoms with Crippen molar-refractivity contribution in [1.29, 1.82) is 0 Å². The van der Waals surface area contributed by atoms with Crippen molar-refractivity contribution in [2.45, 2.75) is 25.3 Å². The fourth-order valence-corrected chi connectivity index (χ4v) is 4.10. The molecular formula is C27H23N3O3. The number of aromatic nitrogens is 2. The normalized spacial score (nSPS) is 14.8. The number of para-hydroxylation sites is 1. The first-order chi connectivity index (χ1) is 16.1. The van der Waals surface area contributed by atoms with E-state index in [4.69, 9.17) is 9.72 Å². The van der Waals surface area contributed by atoms with Crippen molar-refractivity contribution >= 4 is 11.9 Å². The number of nitrogens with one attached hydrogen (secondary N) is 1. The van der Waals surface area contributed by atoms with Crippen LogP contribution >= 0.6 is 0 Å². The van der Waals surface area contributed by atoms with E-state index in [1.54, 1.807) is 18.3 Å². The number of hydrogen-bond donors (Lipinski definition) is 2. The topological polar surface area (TPSA) is 84.3 Å². The molecule has 33 heavy (non-hydrogen) atoms. The molecule has 6 heteroatoms. The molecule has 1 aliphatic rings. The molecule has 4 aromatic rings. The average molecular weight is 437 g/mol. The Labute approximate surface area is 191 Å². The first-order valence-corrected chi connectivity index (χ1v) is 10.9. The summed E-state index contributed by atoms with van der Waals surface area (Å²) in [4.78, 5) is 20.4. The highest BCUT2D eigenvalue weighted by Gasteiger charge is 2.20. The molecule has 1 unspecified atom stereocenters. The van der Waals surface area contributed by atoms with E-state index in [0.29, 0.717) is 11.5 Å². The highest BCUT2D eigenvalue weighted by Crippen LogP contribution is 2.27. The first kappa shape index (κ1) is 20.7. The number of carboxylic acid groups (broad SMARTS) is 1. The lowest BCUT2D eigenvalue weighted by Gasteiger charge is -2.26. The second kappa shape index (κ2) is 9.12. The maximum absolute atomic E-state index is 11.3. The molecule has 0 radical (unpaired) electrons. The number of aryl methyl sites for hydroxylation is 1. The van der Waals surface area contributed by atoms with E-state index in [1.807, 2.05) is 66.7 Å². The van der Waals surface area contributed by atoms with E-state index in [-0.39, 0.29) is 6.04 Å². The van der Waals surface area contributed by atoms with Crippen LogP contribution in [-0.2, 0) is 12.8 Å². The Bertz CT molecular complexity index is 1270. The molecule has 0 saturated heterocycles. The molecule has 0 spiro atoms. The summed E-state index contributed by atoms with van der Waals surface area (Å²) in [6, 6.07) is 24.9. The summed E-state index contributed by atoms with van der Waals surface area (Å²) in [6.45, 7) is 0. The minimum atomic E-state index is -0.899. The molecule has 0 aliphatic heterocycles. The largest absolute Gasteiger partial charge is 0.478 e. The van der Waals surface area contributed by atoms with Gasteiger partial charge in [0.15, 0.2) is 0 Å². The van der Waals surface area contributed by atoms with Gasteiger partial charge in [-0.2, -0.15) is 0 Å². The molecule has 0 bridgehead atoms. The van der Waals surface area contributed by atoms with Gasteiger partial charge in [-0.15, -0.1) is 0 Å². The highest BCUT2D eigenvalue weighted by atomic mass is 16.5. The van der Waals surface area contributed by atoms with Crippen LogP contribution in [0.4, 0.5) is 5.95 Å². The fraction of sp³-hybridized carbons (Fsp3) is 0.148. The molecule has 164 valence electrons. The number of aromatic carboxylic acids is 1. The third-order valence-electron chi connectivity index (χ3n) is 5.80. The third kappa shape index (κ3) is 4.85. The van der Waals surface area contributed by atoms with E-state index in [2.05, 4.69) is 10.3 Å². The standard InChI is InChI=1S/C27H23N3O3/c31-26(32)20-7-6-18-8-11-22(17-21(18)16-20)29-27-28-15-14-25(30-27)19-9-12-24(13-10-19)33-23-4-2-1-3-5-23/h1-7,9-10,12-16,22H,8,11,17H2,(H,31,32)(H,28,29,30). The Morgan fingerprint density at radius 1 is 0.939 bits per heavy atom. The van der Waals surface area contributed by atoms with Crippen LogP contribution in [0.1, 0.15) is 27.9 Å². The average Bonchev–Trinajstić information content (AvgIpc) is 2.85. The minimum Gasteiger partial charge on any atom is -0.478 e. The Morgan fingerprint density at radius 2 is 1.73 bits per heavy atom. The lowest BCUT2D eigenvalue weighted by atomic mass is 9.87. The van der Waals surface area contributed by atoms with E-state index in [0.717, 1.165) is 47.6 Å². The van der Waals surface area contributed by atoms with Gasteiger partial charge in [-0.3, -0.25) is 0 Å². The van der Waals surface area contributed by atoms with Crippen molar-refractivity contribution in [3.8, 4) is 22.8 Å². The van der Waals surface area contributed by atoms with Crippen LogP contribution in [0.5, 0.6) is 11.5 Å². The van der Waals surface area contributed by atoms with Gasteiger partial charge in [0.25, 0.3) is 0 Å². The second-order valence-corrected chi connectivity index (χ2v) is 8.08. The van der Waals surface area contributed by atoms with Gasteiger partial charge in [-0.05, 0) is 85.0 Å². The predicted molar refractivity (Wildman–Crippen MR) is 127 cm³/mol. The molecule has 0 amide bonds. The molecule has 1 heterocycles. The summed E-state index contributed by atoms with van der Waals surface area (Å²) in [5, 5.41) is 12.7. The van der Waals surface area contributed by atoms with Crippen molar-refractivity contribution in [1.82, 2.24) is 9.97 Å². The zero-order valence-corrected chi connectivity index (χ0v) is 17.9. The van der Waals surface area contributed by atoms with Crippen molar-refractivity contribution in [3.63, 3.8) is 0 Å². The molecule has 3 aromatic carbocycles. The van der Waals surface area contributed by atoms with Crippen LogP contribution in [0.25, 0.3) is 11.3 Å². The molecule has 1 atom stereocenters. The molecule has 1 aliphatic carbocycles. The molecular weight excluding hydrogens is 414 g/mol. The Balaban J connectivity index is 1.28. The number of rotatable bonds is 6. The number of nitrogens with zero attached hydrogens (tertiary/aromatic N) is 2. The zero-order chi connectivity index (χ0) is 22.6. The van der Waals surface area contributed by atoms with Crippen molar-refractivity contribution in [3.05, 3.63) is 102 Å². The van der Waals surface area contributed by atoms with Crippen molar-refractivity contribution < 1.29 is 14.6 Å². The van der Waals surface area contributed by atoms with Gasteiger partial charge in [-0.25, -0.2) is 14.8 Å². The van der Waals surface area contributed by atoms with Crippen molar-refractivity contribution in [2.24, 2.45) is 0 Å². The summed E-state index contributed by atoms with van der Waals surface area (Å²) >= 11 is 0. The number of benzene rings is 3. The molecule has 2 N–H and O–H groups in total. The number of carbonyl (C=O) groups is 1. The summed E-state index contributed by atoms with van der Waals surface area (Å²) in [5.74, 6) is 1.23. The summed E-state index contributed by atoms with van der Waals surface area (Å²) < 4.78 is 5.86. The number of hydrogen-bond acceptors (Lipinski definition) is 5. The summed E-state index contributed by atoms with van der Waals surface area (Å²) in [7, 11) is 0. The Kier molecular flexibility index (Phi) is 5.72. The van der Waals surface area contributed by atoms with Gasteiger partial charge in [0.2, 0.25) is 5.95 Å². The number of carboxylic acids is 1. The van der Waals surface area contributed by atoms with Gasteiger partial charge < -0.3 is 15.2 Å². The second-order valence-electron chi connectivity index (χ2n) is 8.08. The smallest absolute Gasteiger partial charge is 0.335 e. The molecule has 0 saturated carbocycles. The Hall–Kier alpha value is -4.19. The number of fused-ring (bicyclic) bond motifs is 1. The lowest BCUT2D eigenvalue weighted by Crippen LogP contribution is -2.28. The van der Waals surface area contributed by atoms with Crippen LogP contribution in [0.15, 0.2) is 85.1 Å². The van der Waals surface area contributed by atoms with Gasteiger partial charge >= 0.3 is 5.97 Å². The number of ether oxygens (including phenoxy) is 1. The molecule has 5 rings (SSSR count). The SMILES string of the molecule is O=C(O)c1ccc2c(c1)CC(Nc1nccc(-c3ccc(Oc4ccccc4)cc3)n1)CC2. The Morgan fingerprint density at radius 3 is 2.52 bits per heavy atom. The predicted octanol–water partition coefficient (Wildman–Crippen LogP) is 5.60. The molecule has 6 nitrogen and oxygen atoms in total. The van der Waals surface area contributed by atoms with Crippen molar-refractivity contribution in [2.75, 3.05) is 5.32 Å². The first-order valence-electron chi connectivity index (χ1n) is 10.9. The van der Waals surface area contributed by atoms with Gasteiger partial charge in [0.1, 0.15) is 11.5 Å². The molecule has 1 aromatic heterocycles. The lowest BCUT2D eigenvalue weighted by molar-refractivity contribution is 0.0696. The zero-order valence-electron chi connectivity index (χ0n) is 17.9. The van der Waals surface area contributed by atoms with Gasteiger partial charge in [0, 0.05) is 17.8 Å². The minimum absolute atomic E-state index is 0.151. The van der Waals surface area contributed by atoms with Gasteiger partial charge in [0.05, 0.1) is 11.3 Å². The maximum Gasteiger partial charge on any atom is 0.335 e. The van der Waals surface area contributed by atoms with E-state index in [1.165, 1.54) is 5.56 Å². The van der Waals surface area contributed by atoms with E-state index < -0.39 is 5.97 Å². The van der Waals surface area contributed by atoms with Crippen LogP contribution in [0.2, 0.25) is 0 Å². The van der Waals surface area contributed by atoms with Crippen LogP contribution in [-0.4, -0.2) is 27.1 Å². The van der Waals surface area contributed by atoms with E-state index >= 15 is 0 Å². The number of anilines is 1. The third-order valence-corrected chi connectivity index (χ3v) is 5.80. The highest BCUT2D eigenvalue weighted by molar-refractivity contribution is 5.88. The maximum atomic E-state index is 11.3. The summed E-state index contributed by atoms with van der Waals surface area (Å²) in [5.41, 5.74) is 4.41. The van der Waals surface area contributed by atoms with Crippen LogP contribution in [0, 0.1) is 0 Å². The van der Waals surface area contributed by atoms with Crippen LogP contribution in [0.3, 0.4) is 0 Å². The fourth-order valence-electron chi connectivity index (χ4n) is 4.10. The van der Waals surface area contributed by atoms with Gasteiger partial charge in [-0.1, -0.05) is 24.3 Å². The quantitative estimate of drug-likeness (QED) is 0.408. The molecule has 0 fully saturated rings.